The first kappa shape index (κ1) is 15.6. The predicted octanol–water partition coefficient (Wildman–Crippen LogP) is 1.01. The standard InChI is InChI=1S/C15H21NO5/c1-20-12-2-3-13(14(18)10-12)15(19)16-6-4-11(5-7-16)21-9-8-17/h2-3,10-11,17-18H,4-9H2,1H3. The molecule has 0 bridgehead atoms. The molecule has 21 heavy (non-hydrogen) atoms. The van der Waals surface area contributed by atoms with Crippen LogP contribution < -0.4 is 4.74 Å². The normalized spacial score (nSPS) is 16.0. The molecule has 2 rings (SSSR count). The van der Waals surface area contributed by atoms with Gasteiger partial charge >= 0.3 is 0 Å². The van der Waals surface area contributed by atoms with Crippen LogP contribution in [-0.2, 0) is 4.74 Å². The van der Waals surface area contributed by atoms with E-state index in [1.54, 1.807) is 17.0 Å². The van der Waals surface area contributed by atoms with Crippen molar-refractivity contribution in [3.05, 3.63) is 23.8 Å². The van der Waals surface area contributed by atoms with Gasteiger partial charge in [-0.1, -0.05) is 0 Å². The van der Waals surface area contributed by atoms with E-state index in [-0.39, 0.29) is 29.9 Å². The second kappa shape index (κ2) is 7.28. The molecule has 0 saturated carbocycles. The number of ether oxygens (including phenoxy) is 2. The summed E-state index contributed by atoms with van der Waals surface area (Å²) in [6.07, 6.45) is 1.57. The van der Waals surface area contributed by atoms with Crippen LogP contribution in [0.1, 0.15) is 23.2 Å². The Morgan fingerprint density at radius 3 is 2.67 bits per heavy atom. The molecule has 0 radical (unpaired) electrons. The topological polar surface area (TPSA) is 79.2 Å². The maximum absolute atomic E-state index is 12.4. The summed E-state index contributed by atoms with van der Waals surface area (Å²) in [6, 6.07) is 4.67. The number of benzene rings is 1. The van der Waals surface area contributed by atoms with E-state index in [1.807, 2.05) is 0 Å². The summed E-state index contributed by atoms with van der Waals surface area (Å²) in [6.45, 7) is 1.51. The highest BCUT2D eigenvalue weighted by atomic mass is 16.5. The van der Waals surface area contributed by atoms with E-state index >= 15 is 0 Å². The van der Waals surface area contributed by atoms with Crippen molar-refractivity contribution in [3.8, 4) is 11.5 Å². The average Bonchev–Trinajstić information content (AvgIpc) is 2.52. The third-order valence-corrected chi connectivity index (χ3v) is 3.61. The van der Waals surface area contributed by atoms with Crippen molar-refractivity contribution in [2.45, 2.75) is 18.9 Å². The number of aliphatic hydroxyl groups excluding tert-OH is 1. The Labute approximate surface area is 123 Å². The van der Waals surface area contributed by atoms with Crippen molar-refractivity contribution in [3.63, 3.8) is 0 Å². The van der Waals surface area contributed by atoms with Crippen LogP contribution in [0.5, 0.6) is 11.5 Å². The molecule has 116 valence electrons. The number of carbonyl (C=O) groups is 1. The molecule has 1 aliphatic rings. The van der Waals surface area contributed by atoms with Crippen molar-refractivity contribution in [1.82, 2.24) is 4.90 Å². The fourth-order valence-corrected chi connectivity index (χ4v) is 2.43. The maximum atomic E-state index is 12.4. The van der Waals surface area contributed by atoms with Crippen LogP contribution in [0.2, 0.25) is 0 Å². The van der Waals surface area contributed by atoms with Gasteiger partial charge in [-0.15, -0.1) is 0 Å². The highest BCUT2D eigenvalue weighted by Gasteiger charge is 2.25. The van der Waals surface area contributed by atoms with Crippen molar-refractivity contribution in [1.29, 1.82) is 0 Å². The third kappa shape index (κ3) is 3.86. The van der Waals surface area contributed by atoms with Gasteiger partial charge in [-0.3, -0.25) is 4.79 Å². The number of methoxy groups -OCH3 is 1. The number of hydrogen-bond donors (Lipinski definition) is 2. The molecule has 1 aromatic rings. The summed E-state index contributed by atoms with van der Waals surface area (Å²) in [5.74, 6) is 0.258. The van der Waals surface area contributed by atoms with E-state index < -0.39 is 0 Å². The van der Waals surface area contributed by atoms with Crippen LogP contribution in [0.15, 0.2) is 18.2 Å². The van der Waals surface area contributed by atoms with Gasteiger partial charge in [-0.05, 0) is 25.0 Å². The second-order valence-electron chi connectivity index (χ2n) is 4.97. The zero-order chi connectivity index (χ0) is 15.2. The number of phenolic OH excluding ortho intramolecular Hbond substituents is 1. The highest BCUT2D eigenvalue weighted by Crippen LogP contribution is 2.26. The van der Waals surface area contributed by atoms with Gasteiger partial charge in [0.05, 0.1) is 32.0 Å². The Hall–Kier alpha value is -1.79. The van der Waals surface area contributed by atoms with Gasteiger partial charge in [-0.2, -0.15) is 0 Å². The predicted molar refractivity (Wildman–Crippen MR) is 76.6 cm³/mol. The number of phenols is 1. The molecule has 1 amide bonds. The van der Waals surface area contributed by atoms with Gasteiger partial charge in [0.15, 0.2) is 0 Å². The van der Waals surface area contributed by atoms with Crippen LogP contribution in [0.25, 0.3) is 0 Å². The molecule has 2 N–H and O–H groups in total. The molecule has 0 spiro atoms. The number of likely N-dealkylation sites (tertiary alicyclic amines) is 1. The summed E-state index contributed by atoms with van der Waals surface area (Å²) in [5.41, 5.74) is 0.283. The maximum Gasteiger partial charge on any atom is 0.257 e. The Morgan fingerprint density at radius 1 is 1.38 bits per heavy atom. The van der Waals surface area contributed by atoms with Crippen molar-refractivity contribution < 1.29 is 24.5 Å². The quantitative estimate of drug-likeness (QED) is 0.847. The number of rotatable bonds is 5. The monoisotopic (exact) mass is 295 g/mol. The molecule has 0 aromatic heterocycles. The molecular weight excluding hydrogens is 274 g/mol. The van der Waals surface area contributed by atoms with Crippen LogP contribution in [0.4, 0.5) is 0 Å². The zero-order valence-electron chi connectivity index (χ0n) is 12.1. The summed E-state index contributed by atoms with van der Waals surface area (Å²) < 4.78 is 10.5. The van der Waals surface area contributed by atoms with E-state index in [4.69, 9.17) is 14.6 Å². The fourth-order valence-electron chi connectivity index (χ4n) is 2.43. The lowest BCUT2D eigenvalue weighted by Crippen LogP contribution is -2.41. The Balaban J connectivity index is 1.95. The lowest BCUT2D eigenvalue weighted by atomic mass is 10.1. The molecular formula is C15H21NO5. The fraction of sp³-hybridized carbons (Fsp3) is 0.533. The minimum atomic E-state index is -0.184. The lowest BCUT2D eigenvalue weighted by Gasteiger charge is -2.32. The number of carbonyl (C=O) groups excluding carboxylic acids is 1. The Bertz CT molecular complexity index is 483. The SMILES string of the molecule is COc1ccc(C(=O)N2CCC(OCCO)CC2)c(O)c1. The van der Waals surface area contributed by atoms with E-state index in [0.29, 0.717) is 25.4 Å². The van der Waals surface area contributed by atoms with Crippen molar-refractivity contribution in [2.24, 2.45) is 0 Å². The molecule has 1 saturated heterocycles. The minimum absolute atomic E-state index is 0.0128. The Morgan fingerprint density at radius 2 is 2.10 bits per heavy atom. The Kier molecular flexibility index (Phi) is 5.41. The number of hydrogen-bond acceptors (Lipinski definition) is 5. The summed E-state index contributed by atoms with van der Waals surface area (Å²) >= 11 is 0. The number of amides is 1. The summed E-state index contributed by atoms with van der Waals surface area (Å²) in [7, 11) is 1.51. The van der Waals surface area contributed by atoms with Gasteiger partial charge < -0.3 is 24.6 Å². The number of aromatic hydroxyl groups is 1. The third-order valence-electron chi connectivity index (χ3n) is 3.61. The van der Waals surface area contributed by atoms with Gasteiger partial charge in [-0.25, -0.2) is 0 Å². The molecule has 6 nitrogen and oxygen atoms in total. The van der Waals surface area contributed by atoms with E-state index in [0.717, 1.165) is 12.8 Å². The smallest absolute Gasteiger partial charge is 0.257 e. The van der Waals surface area contributed by atoms with E-state index in [9.17, 15) is 9.90 Å². The van der Waals surface area contributed by atoms with E-state index in [2.05, 4.69) is 0 Å². The lowest BCUT2D eigenvalue weighted by molar-refractivity contribution is -0.00558. The first-order valence-corrected chi connectivity index (χ1v) is 7.04. The second-order valence-corrected chi connectivity index (χ2v) is 4.97. The molecule has 0 aliphatic carbocycles. The van der Waals surface area contributed by atoms with Crippen LogP contribution >= 0.6 is 0 Å². The molecule has 1 aliphatic heterocycles. The first-order chi connectivity index (χ1) is 10.2. The number of aliphatic hydroxyl groups is 1. The molecule has 0 unspecified atom stereocenters. The van der Waals surface area contributed by atoms with Gasteiger partial charge in [0.1, 0.15) is 11.5 Å². The minimum Gasteiger partial charge on any atom is -0.507 e. The highest BCUT2D eigenvalue weighted by molar-refractivity contribution is 5.97. The largest absolute Gasteiger partial charge is 0.507 e. The number of nitrogens with zero attached hydrogens (tertiary/aromatic N) is 1. The van der Waals surface area contributed by atoms with Crippen LogP contribution in [0.3, 0.4) is 0 Å². The van der Waals surface area contributed by atoms with Crippen LogP contribution in [-0.4, -0.2) is 60.5 Å². The zero-order valence-corrected chi connectivity index (χ0v) is 12.1. The van der Waals surface area contributed by atoms with Crippen LogP contribution in [0, 0.1) is 0 Å². The molecule has 0 atom stereocenters. The van der Waals surface area contributed by atoms with Gasteiger partial charge in [0.25, 0.3) is 5.91 Å². The molecule has 1 aromatic carbocycles. The number of piperidine rings is 1. The van der Waals surface area contributed by atoms with Gasteiger partial charge in [0.2, 0.25) is 0 Å². The summed E-state index contributed by atoms with van der Waals surface area (Å²) in [5, 5.41) is 18.6. The summed E-state index contributed by atoms with van der Waals surface area (Å²) in [4.78, 5) is 14.1. The molecule has 1 fully saturated rings. The van der Waals surface area contributed by atoms with Gasteiger partial charge in [0, 0.05) is 19.2 Å². The average molecular weight is 295 g/mol. The van der Waals surface area contributed by atoms with Crippen molar-refractivity contribution >= 4 is 5.91 Å². The molecule has 6 heteroatoms. The van der Waals surface area contributed by atoms with Crippen molar-refractivity contribution in [2.75, 3.05) is 33.4 Å². The first-order valence-electron chi connectivity index (χ1n) is 7.04. The van der Waals surface area contributed by atoms with E-state index in [1.165, 1.54) is 13.2 Å². The molecule has 1 heterocycles.